The molecule has 0 bridgehead atoms. The summed E-state index contributed by atoms with van der Waals surface area (Å²) in [6.07, 6.45) is -6.23. The molecule has 0 aliphatic heterocycles. The molecular formula is C38H12BF20NS. The number of thiazole rings is 1. The van der Waals surface area contributed by atoms with Gasteiger partial charge in [-0.05, 0) is 11.6 Å². The smallest absolute Gasteiger partial charge is 0.207 e. The molecule has 7 rings (SSSR count). The maximum Gasteiger partial charge on any atom is 0.241 e. The second-order valence-corrected chi connectivity index (χ2v) is 13.7. The number of nitrogens with one attached hydrogen (secondary N) is 1. The van der Waals surface area contributed by atoms with Gasteiger partial charge in [-0.25, -0.2) is 87.8 Å². The van der Waals surface area contributed by atoms with Crippen LogP contribution in [0.1, 0.15) is 10.6 Å². The highest BCUT2D eigenvalue weighted by molar-refractivity contribution is 7.20. The lowest BCUT2D eigenvalue weighted by Crippen LogP contribution is -2.81. The Balaban J connectivity index is 0.000000321. The zero-order chi connectivity index (χ0) is 45.2. The van der Waals surface area contributed by atoms with Crippen LogP contribution in [0.25, 0.3) is 10.2 Å². The van der Waals surface area contributed by atoms with Crippen molar-refractivity contribution >= 4 is 49.6 Å². The highest BCUT2D eigenvalue weighted by Gasteiger charge is 2.52. The van der Waals surface area contributed by atoms with Crippen LogP contribution in [0, 0.1) is 116 Å². The molecule has 1 heterocycles. The minimum absolute atomic E-state index is 0.986. The van der Waals surface area contributed by atoms with Crippen LogP contribution in [0.15, 0.2) is 54.6 Å². The van der Waals surface area contributed by atoms with E-state index in [4.69, 9.17) is 0 Å². The summed E-state index contributed by atoms with van der Waals surface area (Å²) in [5, 5.41) is 1.31. The van der Waals surface area contributed by atoms with Gasteiger partial charge in [0, 0.05) is 6.07 Å². The van der Waals surface area contributed by atoms with Crippen LogP contribution in [0.5, 0.6) is 0 Å². The summed E-state index contributed by atoms with van der Waals surface area (Å²) in [7, 11) is 0. The van der Waals surface area contributed by atoms with E-state index < -0.39 is 144 Å². The summed E-state index contributed by atoms with van der Waals surface area (Å²) < 4.78 is 295. The maximum atomic E-state index is 15.4. The van der Waals surface area contributed by atoms with Gasteiger partial charge in [-0.1, -0.05) is 53.8 Å². The fraction of sp³-hybridized carbons (Fsp3) is 0.0263. The molecule has 0 aliphatic carbocycles. The van der Waals surface area contributed by atoms with Gasteiger partial charge in [0.1, 0.15) is 57.4 Å². The van der Waals surface area contributed by atoms with E-state index in [2.05, 4.69) is 59.6 Å². The van der Waals surface area contributed by atoms with Gasteiger partial charge in [0.15, 0.2) is 69.8 Å². The van der Waals surface area contributed by atoms with Crippen molar-refractivity contribution in [2.45, 2.75) is 6.42 Å². The predicted octanol–water partition coefficient (Wildman–Crippen LogP) is 9.15. The van der Waals surface area contributed by atoms with E-state index in [9.17, 15) is 52.7 Å². The first kappa shape index (κ1) is 44.4. The number of H-pyrrole nitrogens is 1. The normalized spacial score (nSPS) is 11.7. The van der Waals surface area contributed by atoms with E-state index in [1.165, 1.54) is 20.8 Å². The molecule has 0 saturated carbocycles. The van der Waals surface area contributed by atoms with Gasteiger partial charge >= 0.3 is 0 Å². The molecule has 0 saturated heterocycles. The molecule has 0 amide bonds. The summed E-state index contributed by atoms with van der Waals surface area (Å²) in [5.41, 5.74) is -11.7. The molecule has 0 aliphatic rings. The Hall–Kier alpha value is -6.13. The summed E-state index contributed by atoms with van der Waals surface area (Å²) in [6.45, 7) is 0. The molecule has 61 heavy (non-hydrogen) atoms. The standard InChI is InChI=1S/C24BF20.C14H11NS/c26-5-1(6(27)14(35)21(42)13(5)34)25(2-7(28)15(36)22(43)16(37)8(2)29,3-9(30)17(38)23(44)18(39)10(3)31)4-11(32)19(40)24(45)20(41)12(4)33;1-2-6-11(7-3-1)10-14-15-12-8-4-5-9-13(12)16-14/h;1-9H,10H2/q-1;/p+1. The van der Waals surface area contributed by atoms with Crippen LogP contribution < -0.4 is 26.8 Å². The molecule has 0 atom stereocenters. The van der Waals surface area contributed by atoms with Gasteiger partial charge in [0.2, 0.25) is 10.5 Å². The van der Waals surface area contributed by atoms with Crippen molar-refractivity contribution in [3.8, 4) is 0 Å². The minimum atomic E-state index is -7.22. The molecular weight excluding hydrogens is 893 g/mol. The fourth-order valence-electron chi connectivity index (χ4n) is 6.70. The Morgan fingerprint density at radius 2 is 0.590 bits per heavy atom. The van der Waals surface area contributed by atoms with Crippen LogP contribution in [-0.2, 0) is 6.42 Å². The lowest BCUT2D eigenvalue weighted by atomic mass is 9.12. The van der Waals surface area contributed by atoms with Crippen molar-refractivity contribution in [2.24, 2.45) is 0 Å². The fourth-order valence-corrected chi connectivity index (χ4v) is 7.74. The van der Waals surface area contributed by atoms with E-state index >= 15 is 35.1 Å². The number of para-hydroxylation sites is 1. The van der Waals surface area contributed by atoms with Crippen molar-refractivity contribution in [3.05, 3.63) is 182 Å². The second kappa shape index (κ2) is 16.4. The quantitative estimate of drug-likeness (QED) is 0.0685. The van der Waals surface area contributed by atoms with Crippen LogP contribution in [0.3, 0.4) is 0 Å². The van der Waals surface area contributed by atoms with Crippen LogP contribution in [0.2, 0.25) is 0 Å². The first-order chi connectivity index (χ1) is 28.6. The summed E-state index contributed by atoms with van der Waals surface area (Å²) in [6, 6.07) is 19.0. The van der Waals surface area contributed by atoms with Gasteiger partial charge in [-0.3, -0.25) is 0 Å². The van der Waals surface area contributed by atoms with E-state index in [1.54, 1.807) is 0 Å². The van der Waals surface area contributed by atoms with Gasteiger partial charge in [0.05, 0.1) is 6.42 Å². The van der Waals surface area contributed by atoms with E-state index in [1.807, 2.05) is 11.3 Å². The SMILES string of the molecule is Fc1c(F)c(F)c([B-](c2c(F)c(F)c(F)c(F)c2F)(c2c(F)c(F)c(F)c(F)c2F)c2c(F)c(F)c(F)c(F)c2F)c(F)c1F.c1ccc(Cc2[nH+]c3ccccc3s2)cc1. The van der Waals surface area contributed by atoms with Crippen molar-refractivity contribution in [2.75, 3.05) is 0 Å². The molecule has 318 valence electrons. The van der Waals surface area contributed by atoms with Crippen molar-refractivity contribution < 1.29 is 92.8 Å². The van der Waals surface area contributed by atoms with E-state index in [-0.39, 0.29) is 0 Å². The molecule has 1 aromatic heterocycles. The van der Waals surface area contributed by atoms with Crippen LogP contribution >= 0.6 is 11.3 Å². The molecule has 23 heteroatoms. The van der Waals surface area contributed by atoms with Crippen LogP contribution in [0.4, 0.5) is 87.8 Å². The Labute approximate surface area is 330 Å². The third kappa shape index (κ3) is 6.91. The molecule has 0 fully saturated rings. The highest BCUT2D eigenvalue weighted by atomic mass is 32.1. The molecule has 7 aromatic rings. The monoisotopic (exact) mass is 905 g/mol. The number of benzene rings is 6. The van der Waals surface area contributed by atoms with Gasteiger partial charge in [-0.15, -0.1) is 21.9 Å². The third-order valence-corrected chi connectivity index (χ3v) is 10.4. The van der Waals surface area contributed by atoms with Crippen LogP contribution in [-0.4, -0.2) is 6.15 Å². The average Bonchev–Trinajstić information content (AvgIpc) is 3.66. The van der Waals surface area contributed by atoms with Crippen molar-refractivity contribution in [1.82, 2.24) is 0 Å². The molecule has 0 spiro atoms. The molecule has 0 radical (unpaired) electrons. The number of aromatic nitrogens is 1. The number of hydrogen-bond donors (Lipinski definition) is 0. The largest absolute Gasteiger partial charge is 0.241 e. The molecule has 6 aromatic carbocycles. The van der Waals surface area contributed by atoms with Gasteiger partial charge < -0.3 is 0 Å². The zero-order valence-corrected chi connectivity index (χ0v) is 29.8. The summed E-state index contributed by atoms with van der Waals surface area (Å²) >= 11 is 1.84. The van der Waals surface area contributed by atoms with Gasteiger partial charge in [-0.2, -0.15) is 4.98 Å². The molecule has 1 nitrogen and oxygen atoms in total. The highest BCUT2D eigenvalue weighted by Crippen LogP contribution is 2.31. The number of rotatable bonds is 6. The van der Waals surface area contributed by atoms with E-state index in [0.717, 1.165) is 6.42 Å². The maximum absolute atomic E-state index is 15.4. The Morgan fingerprint density at radius 3 is 0.885 bits per heavy atom. The van der Waals surface area contributed by atoms with Crippen molar-refractivity contribution in [1.29, 1.82) is 0 Å². The Morgan fingerprint density at radius 1 is 0.328 bits per heavy atom. The number of halogens is 20. The van der Waals surface area contributed by atoms with E-state index in [0.29, 0.717) is 0 Å². The van der Waals surface area contributed by atoms with Crippen molar-refractivity contribution in [3.63, 3.8) is 0 Å². The lowest BCUT2D eigenvalue weighted by Gasteiger charge is -2.44. The lowest BCUT2D eigenvalue weighted by molar-refractivity contribution is -0.349. The first-order valence-electron chi connectivity index (χ1n) is 16.3. The first-order valence-corrected chi connectivity index (χ1v) is 17.1. The number of fused-ring (bicyclic) bond motifs is 1. The predicted molar refractivity (Wildman–Crippen MR) is 177 cm³/mol. The molecule has 1 N–H and O–H groups in total. The Kier molecular flexibility index (Phi) is 11.9. The summed E-state index contributed by atoms with van der Waals surface area (Å²) in [5.74, 6) is -71.4. The number of aromatic amines is 1. The second-order valence-electron chi connectivity index (χ2n) is 12.6. The third-order valence-electron chi connectivity index (χ3n) is 9.31. The van der Waals surface area contributed by atoms with Gasteiger partial charge in [0.25, 0.3) is 0 Å². The minimum Gasteiger partial charge on any atom is -0.207 e. The topological polar surface area (TPSA) is 14.1 Å². The average molecular weight is 905 g/mol. The zero-order valence-electron chi connectivity index (χ0n) is 28.9. The molecule has 0 unspecified atom stereocenters. The summed E-state index contributed by atoms with van der Waals surface area (Å²) in [4.78, 5) is 3.46. The Bertz CT molecular complexity index is 2490. The number of hydrogen-bond acceptors (Lipinski definition) is 1.